The first-order chi connectivity index (χ1) is 22.1. The normalized spacial score (nSPS) is 11.2. The standard InChI is InChI=1S/C18H20ClN3O7S2.C10H9ClN2O3S/c1-29-17-9-12(21-30(2,25)26)5-7-14(17)20-18(24)10-16(23)11-4-6-13(19)15(8-11)22-31(3,27)28;1-17(15,16)13-9-6-7(2-3-8(9)11)10(14)4-5-12/h4-9,21-22H,10H2,1-3H3,(H,20,24);2-3,6,13H,4H2,1H3. The summed E-state index contributed by atoms with van der Waals surface area (Å²) < 4.78 is 79.4. The molecular formula is C28H29Cl2N5O10S3. The molecule has 48 heavy (non-hydrogen) atoms. The number of ketones is 2. The summed E-state index contributed by atoms with van der Waals surface area (Å²) in [6.07, 6.45) is 2.11. The van der Waals surface area contributed by atoms with Gasteiger partial charge in [0.25, 0.3) is 0 Å². The SMILES string of the molecule is COc1cc(NS(C)(=O)=O)ccc1NC(=O)CC(=O)c1ccc(Cl)c(NS(C)(=O)=O)c1.CS(=O)(=O)Nc1cc(C(=O)CC#N)ccc1Cl. The molecule has 0 radical (unpaired) electrons. The summed E-state index contributed by atoms with van der Waals surface area (Å²) in [6.45, 7) is 0. The molecular weight excluding hydrogens is 733 g/mol. The van der Waals surface area contributed by atoms with Crippen LogP contribution in [-0.2, 0) is 34.9 Å². The number of rotatable bonds is 13. The fourth-order valence-electron chi connectivity index (χ4n) is 3.64. The number of carbonyl (C=O) groups excluding carboxylic acids is 3. The molecule has 0 unspecified atom stereocenters. The Hall–Kier alpha value is -4.41. The Kier molecular flexibility index (Phi) is 13.8. The zero-order valence-corrected chi connectivity index (χ0v) is 29.6. The number of sulfonamides is 3. The lowest BCUT2D eigenvalue weighted by molar-refractivity contribution is -0.115. The van der Waals surface area contributed by atoms with E-state index in [0.717, 1.165) is 18.8 Å². The predicted octanol–water partition coefficient (Wildman–Crippen LogP) is 4.11. The second kappa shape index (κ2) is 16.6. The molecule has 0 heterocycles. The third-order valence-corrected chi connectivity index (χ3v) is 7.95. The van der Waals surface area contributed by atoms with E-state index in [2.05, 4.69) is 19.5 Å². The Morgan fingerprint density at radius 1 is 0.708 bits per heavy atom. The predicted molar refractivity (Wildman–Crippen MR) is 183 cm³/mol. The maximum atomic E-state index is 12.5. The monoisotopic (exact) mass is 761 g/mol. The quantitative estimate of drug-likeness (QED) is 0.143. The molecule has 0 spiro atoms. The topological polar surface area (TPSA) is 235 Å². The van der Waals surface area contributed by atoms with Gasteiger partial charge in [-0.1, -0.05) is 23.2 Å². The molecule has 0 aliphatic carbocycles. The van der Waals surface area contributed by atoms with Gasteiger partial charge < -0.3 is 10.1 Å². The van der Waals surface area contributed by atoms with Gasteiger partial charge in [0.05, 0.1) is 77.6 Å². The highest BCUT2D eigenvalue weighted by molar-refractivity contribution is 7.92. The Labute approximate surface area is 287 Å². The highest BCUT2D eigenvalue weighted by atomic mass is 35.5. The molecule has 0 bridgehead atoms. The van der Waals surface area contributed by atoms with E-state index < -0.39 is 48.2 Å². The van der Waals surface area contributed by atoms with Crippen LogP contribution in [0.2, 0.25) is 10.0 Å². The van der Waals surface area contributed by atoms with Crippen molar-refractivity contribution in [1.29, 1.82) is 5.26 Å². The van der Waals surface area contributed by atoms with Crippen LogP contribution in [0, 0.1) is 11.3 Å². The smallest absolute Gasteiger partial charge is 0.232 e. The van der Waals surface area contributed by atoms with Gasteiger partial charge in [-0.2, -0.15) is 5.26 Å². The Morgan fingerprint density at radius 2 is 1.19 bits per heavy atom. The minimum absolute atomic E-state index is 0.0195. The first kappa shape index (κ1) is 39.8. The van der Waals surface area contributed by atoms with Gasteiger partial charge in [-0.25, -0.2) is 25.3 Å². The van der Waals surface area contributed by atoms with Gasteiger partial charge in [-0.3, -0.25) is 28.5 Å². The van der Waals surface area contributed by atoms with Crippen LogP contribution in [0.1, 0.15) is 33.6 Å². The first-order valence-electron chi connectivity index (χ1n) is 13.0. The van der Waals surface area contributed by atoms with Crippen molar-refractivity contribution >= 4 is 93.5 Å². The van der Waals surface area contributed by atoms with E-state index in [4.69, 9.17) is 33.2 Å². The fraction of sp³-hybridized carbons (Fsp3) is 0.214. The van der Waals surface area contributed by atoms with Crippen LogP contribution >= 0.6 is 23.2 Å². The summed E-state index contributed by atoms with van der Waals surface area (Å²) in [7, 11) is -9.23. The Morgan fingerprint density at radius 3 is 1.62 bits per heavy atom. The second-order valence-electron chi connectivity index (χ2n) is 9.83. The van der Waals surface area contributed by atoms with Gasteiger partial charge in [0.15, 0.2) is 11.6 Å². The first-order valence-corrected chi connectivity index (χ1v) is 19.5. The van der Waals surface area contributed by atoms with Crippen molar-refractivity contribution in [2.75, 3.05) is 45.4 Å². The lowest BCUT2D eigenvalue weighted by atomic mass is 10.1. The molecule has 0 saturated carbocycles. The largest absolute Gasteiger partial charge is 0.494 e. The molecule has 0 aliphatic rings. The van der Waals surface area contributed by atoms with Crippen LogP contribution in [0.15, 0.2) is 54.6 Å². The molecule has 15 nitrogen and oxygen atoms in total. The molecule has 4 N–H and O–H groups in total. The number of nitriles is 1. The van der Waals surface area contributed by atoms with Crippen LogP contribution in [0.25, 0.3) is 0 Å². The molecule has 0 saturated heterocycles. The minimum Gasteiger partial charge on any atom is -0.494 e. The Bertz CT molecular complexity index is 2100. The molecule has 0 aliphatic heterocycles. The van der Waals surface area contributed by atoms with E-state index >= 15 is 0 Å². The summed E-state index contributed by atoms with van der Waals surface area (Å²) in [4.78, 5) is 36.2. The van der Waals surface area contributed by atoms with Crippen molar-refractivity contribution in [3.8, 4) is 11.8 Å². The van der Waals surface area contributed by atoms with Crippen molar-refractivity contribution in [2.45, 2.75) is 12.8 Å². The van der Waals surface area contributed by atoms with Crippen molar-refractivity contribution < 1.29 is 44.4 Å². The van der Waals surface area contributed by atoms with Crippen LogP contribution in [0.4, 0.5) is 22.7 Å². The molecule has 0 aromatic heterocycles. The lowest BCUT2D eigenvalue weighted by Gasteiger charge is -2.13. The van der Waals surface area contributed by atoms with Gasteiger partial charge in [0.2, 0.25) is 36.0 Å². The number of anilines is 4. The molecule has 1 amide bonds. The van der Waals surface area contributed by atoms with E-state index in [1.165, 1.54) is 61.7 Å². The zero-order valence-electron chi connectivity index (χ0n) is 25.6. The number of benzene rings is 3. The van der Waals surface area contributed by atoms with E-state index in [1.807, 2.05) is 0 Å². The van der Waals surface area contributed by atoms with Gasteiger partial charge in [-0.15, -0.1) is 0 Å². The highest BCUT2D eigenvalue weighted by Gasteiger charge is 2.17. The summed E-state index contributed by atoms with van der Waals surface area (Å²) in [5, 5.41) is 11.2. The number of methoxy groups -OCH3 is 1. The van der Waals surface area contributed by atoms with Gasteiger partial charge in [-0.05, 0) is 48.5 Å². The highest BCUT2D eigenvalue weighted by Crippen LogP contribution is 2.29. The number of amides is 1. The molecule has 20 heteroatoms. The summed E-state index contributed by atoms with van der Waals surface area (Å²) in [5.74, 6) is -1.43. The van der Waals surface area contributed by atoms with Crippen LogP contribution in [0.3, 0.4) is 0 Å². The van der Waals surface area contributed by atoms with Crippen molar-refractivity contribution in [1.82, 2.24) is 0 Å². The van der Waals surface area contributed by atoms with Crippen LogP contribution < -0.4 is 24.2 Å². The number of Topliss-reactive ketones (excluding diaryl/α,β-unsaturated/α-hetero) is 2. The molecule has 258 valence electrons. The number of carbonyl (C=O) groups is 3. The van der Waals surface area contributed by atoms with E-state index in [1.54, 1.807) is 6.07 Å². The third-order valence-electron chi connectivity index (χ3n) is 5.51. The Balaban J connectivity index is 0.000000397. The number of nitrogens with one attached hydrogen (secondary N) is 4. The van der Waals surface area contributed by atoms with Gasteiger partial charge in [0, 0.05) is 17.2 Å². The van der Waals surface area contributed by atoms with Crippen molar-refractivity contribution in [3.63, 3.8) is 0 Å². The van der Waals surface area contributed by atoms with Crippen molar-refractivity contribution in [3.05, 3.63) is 75.8 Å². The summed E-state index contributed by atoms with van der Waals surface area (Å²) in [6, 6.07) is 14.1. The average molecular weight is 763 g/mol. The van der Waals surface area contributed by atoms with Crippen LogP contribution in [0.5, 0.6) is 5.75 Å². The number of hydrogen-bond acceptors (Lipinski definition) is 11. The van der Waals surface area contributed by atoms with Gasteiger partial charge in [0.1, 0.15) is 5.75 Å². The van der Waals surface area contributed by atoms with Crippen LogP contribution in [-0.4, -0.2) is 68.6 Å². The summed E-state index contributed by atoms with van der Waals surface area (Å²) >= 11 is 11.7. The molecule has 3 aromatic rings. The number of halogens is 2. The van der Waals surface area contributed by atoms with E-state index in [9.17, 15) is 39.6 Å². The number of hydrogen-bond donors (Lipinski definition) is 4. The molecule has 3 rings (SSSR count). The summed E-state index contributed by atoms with van der Waals surface area (Å²) in [5.41, 5.74) is 0.937. The molecule has 0 atom stereocenters. The third kappa shape index (κ3) is 13.8. The second-order valence-corrected chi connectivity index (χ2v) is 15.9. The lowest BCUT2D eigenvalue weighted by Crippen LogP contribution is -2.18. The molecule has 3 aromatic carbocycles. The minimum atomic E-state index is -3.61. The average Bonchev–Trinajstić information content (AvgIpc) is 2.94. The van der Waals surface area contributed by atoms with Gasteiger partial charge >= 0.3 is 0 Å². The zero-order chi connectivity index (χ0) is 36.4. The van der Waals surface area contributed by atoms with E-state index in [0.29, 0.717) is 0 Å². The molecule has 0 fully saturated rings. The number of ether oxygens (including phenoxy) is 1. The maximum absolute atomic E-state index is 12.5. The maximum Gasteiger partial charge on any atom is 0.232 e. The number of nitrogens with zero attached hydrogens (tertiary/aromatic N) is 1. The van der Waals surface area contributed by atoms with E-state index in [-0.39, 0.29) is 61.9 Å². The van der Waals surface area contributed by atoms with Crippen molar-refractivity contribution in [2.24, 2.45) is 0 Å². The fourth-order valence-corrected chi connectivity index (χ4v) is 5.78.